The van der Waals surface area contributed by atoms with Gasteiger partial charge in [-0.15, -0.1) is 12.3 Å². The second-order valence-corrected chi connectivity index (χ2v) is 6.65. The first-order valence-electron chi connectivity index (χ1n) is 9.08. The molecule has 1 aliphatic rings. The molecule has 5 heteroatoms. The van der Waals surface area contributed by atoms with Crippen LogP contribution in [0.15, 0.2) is 46.5 Å². The quantitative estimate of drug-likeness (QED) is 0.529. The maximum Gasteiger partial charge on any atom is 0.417 e. The minimum absolute atomic E-state index is 0.0711. The Kier molecular flexibility index (Phi) is 7.87. The van der Waals surface area contributed by atoms with Crippen LogP contribution >= 0.6 is 0 Å². The van der Waals surface area contributed by atoms with Crippen LogP contribution in [-0.2, 0) is 6.54 Å². The van der Waals surface area contributed by atoms with Gasteiger partial charge in [-0.3, -0.25) is 4.99 Å². The van der Waals surface area contributed by atoms with Gasteiger partial charge in [0.15, 0.2) is 0 Å². The molecule has 1 aromatic carbocycles. The van der Waals surface area contributed by atoms with Gasteiger partial charge in [0, 0.05) is 18.7 Å². The third-order valence-electron chi connectivity index (χ3n) is 4.63. The molecule has 144 valence electrons. The number of hydrogen-bond donors (Lipinski definition) is 1. The van der Waals surface area contributed by atoms with Crippen LogP contribution in [0.2, 0.25) is 0 Å². The number of nitrogens with zero attached hydrogens (tertiary/aromatic N) is 1. The van der Waals surface area contributed by atoms with E-state index in [-0.39, 0.29) is 13.0 Å². The number of hydrogen-bond acceptors (Lipinski definition) is 2. The predicted octanol–water partition coefficient (Wildman–Crippen LogP) is 5.31. The summed E-state index contributed by atoms with van der Waals surface area (Å²) in [7, 11) is 2.00. The van der Waals surface area contributed by atoms with E-state index in [0.29, 0.717) is 6.04 Å². The van der Waals surface area contributed by atoms with Crippen molar-refractivity contribution in [2.45, 2.75) is 50.9 Å². The lowest BCUT2D eigenvalue weighted by atomic mass is 9.89. The molecule has 1 N–H and O–H groups in total. The van der Waals surface area contributed by atoms with Crippen molar-refractivity contribution in [3.05, 3.63) is 52.6 Å². The molecule has 1 fully saturated rings. The van der Waals surface area contributed by atoms with Crippen LogP contribution in [0.3, 0.4) is 0 Å². The Labute approximate surface area is 159 Å². The molecule has 2 rings (SSSR count). The van der Waals surface area contributed by atoms with Crippen molar-refractivity contribution in [2.24, 2.45) is 4.99 Å². The fourth-order valence-electron chi connectivity index (χ4n) is 3.10. The van der Waals surface area contributed by atoms with Crippen LogP contribution in [0.4, 0.5) is 13.2 Å². The van der Waals surface area contributed by atoms with Gasteiger partial charge in [0.25, 0.3) is 0 Å². The van der Waals surface area contributed by atoms with Crippen LogP contribution in [0.1, 0.15) is 43.2 Å². The summed E-state index contributed by atoms with van der Waals surface area (Å²) in [6.45, 7) is 0.197. The van der Waals surface area contributed by atoms with Crippen molar-refractivity contribution in [3.8, 4) is 12.3 Å². The predicted molar refractivity (Wildman–Crippen MR) is 106 cm³/mol. The summed E-state index contributed by atoms with van der Waals surface area (Å²) < 4.78 is 38.7. The minimum atomic E-state index is -4.45. The van der Waals surface area contributed by atoms with Gasteiger partial charge in [-0.2, -0.15) is 13.2 Å². The molecule has 0 bridgehead atoms. The molecule has 0 heterocycles. The molecule has 1 aliphatic carbocycles. The highest BCUT2D eigenvalue weighted by Gasteiger charge is 2.31. The van der Waals surface area contributed by atoms with Crippen LogP contribution < -0.4 is 5.32 Å². The first-order chi connectivity index (χ1) is 12.9. The van der Waals surface area contributed by atoms with E-state index in [4.69, 9.17) is 6.42 Å². The van der Waals surface area contributed by atoms with E-state index in [1.165, 1.54) is 5.57 Å². The molecule has 1 saturated carbocycles. The Morgan fingerprint density at radius 1 is 1.33 bits per heavy atom. The smallest absolute Gasteiger partial charge is 0.317 e. The maximum atomic E-state index is 12.9. The average molecular weight is 374 g/mol. The number of alkyl halides is 3. The van der Waals surface area contributed by atoms with E-state index < -0.39 is 11.7 Å². The molecule has 0 amide bonds. The fraction of sp³-hybridized carbons (Fsp3) is 0.409. The summed E-state index contributed by atoms with van der Waals surface area (Å²) in [6, 6.07) is 8.36. The summed E-state index contributed by atoms with van der Waals surface area (Å²) in [6.07, 6.45) is 8.96. The maximum absolute atomic E-state index is 12.9. The van der Waals surface area contributed by atoms with Crippen LogP contribution in [0.25, 0.3) is 6.08 Å². The molecule has 0 unspecified atom stereocenters. The third kappa shape index (κ3) is 7.07. The molecular formula is C22H25F3N2. The minimum Gasteiger partial charge on any atom is -0.317 e. The zero-order valence-corrected chi connectivity index (χ0v) is 15.5. The summed E-state index contributed by atoms with van der Waals surface area (Å²) in [5, 5.41) is 3.31. The zero-order valence-electron chi connectivity index (χ0n) is 15.5. The van der Waals surface area contributed by atoms with E-state index in [0.717, 1.165) is 49.1 Å². The molecule has 0 saturated heterocycles. The fourth-order valence-corrected chi connectivity index (χ4v) is 3.10. The number of allylic oxidation sites excluding steroid dienone is 3. The molecule has 0 aromatic heterocycles. The normalized spacial score (nSPS) is 18.6. The first kappa shape index (κ1) is 21.0. The Balaban J connectivity index is 2.02. The number of nitrogens with one attached hydrogen (secondary N) is 1. The second kappa shape index (κ2) is 10.1. The van der Waals surface area contributed by atoms with Gasteiger partial charge < -0.3 is 5.32 Å². The number of benzene rings is 1. The lowest BCUT2D eigenvalue weighted by Crippen LogP contribution is -2.27. The second-order valence-electron chi connectivity index (χ2n) is 6.65. The van der Waals surface area contributed by atoms with Gasteiger partial charge in [0.1, 0.15) is 0 Å². The van der Waals surface area contributed by atoms with Crippen molar-refractivity contribution in [1.82, 2.24) is 5.32 Å². The van der Waals surface area contributed by atoms with E-state index in [2.05, 4.69) is 22.3 Å². The molecule has 0 spiro atoms. The number of rotatable bonds is 6. The Hall–Kier alpha value is -2.32. The summed E-state index contributed by atoms with van der Waals surface area (Å²) in [4.78, 5) is 3.96. The average Bonchev–Trinajstić information content (AvgIpc) is 2.64. The molecule has 0 atom stereocenters. The van der Waals surface area contributed by atoms with E-state index in [1.807, 2.05) is 31.3 Å². The zero-order chi connectivity index (χ0) is 19.7. The highest BCUT2D eigenvalue weighted by atomic mass is 19.4. The van der Waals surface area contributed by atoms with Gasteiger partial charge in [-0.1, -0.05) is 35.9 Å². The standard InChI is InChI=1S/C22H25F3N2/c1-3-4-8-20(22(23,24)25)16-27-15-19-7-5-6-18(14-19)13-17-9-11-21(26-2)12-10-17/h1,5-8,13-14,16,21,26H,4,9-12,15H2,2H3/b17-13?,20-8+,27-16?. The Bertz CT molecular complexity index is 742. The Morgan fingerprint density at radius 3 is 2.70 bits per heavy atom. The molecule has 0 radical (unpaired) electrons. The largest absolute Gasteiger partial charge is 0.417 e. The van der Waals surface area contributed by atoms with Gasteiger partial charge >= 0.3 is 6.18 Å². The number of halogens is 3. The van der Waals surface area contributed by atoms with Crippen molar-refractivity contribution in [1.29, 1.82) is 0 Å². The van der Waals surface area contributed by atoms with Gasteiger partial charge in [-0.05, 0) is 49.9 Å². The topological polar surface area (TPSA) is 24.4 Å². The Morgan fingerprint density at radius 2 is 2.07 bits per heavy atom. The van der Waals surface area contributed by atoms with Crippen molar-refractivity contribution in [3.63, 3.8) is 0 Å². The lowest BCUT2D eigenvalue weighted by molar-refractivity contribution is -0.0857. The number of terminal acetylenes is 1. The van der Waals surface area contributed by atoms with Gasteiger partial charge in [-0.25, -0.2) is 0 Å². The lowest BCUT2D eigenvalue weighted by Gasteiger charge is -2.23. The highest BCUT2D eigenvalue weighted by Crippen LogP contribution is 2.26. The molecular weight excluding hydrogens is 349 g/mol. The third-order valence-corrected chi connectivity index (χ3v) is 4.63. The number of aliphatic imine (C=N–C) groups is 1. The van der Waals surface area contributed by atoms with Gasteiger partial charge in [0.05, 0.1) is 12.1 Å². The van der Waals surface area contributed by atoms with Crippen molar-refractivity contribution in [2.75, 3.05) is 7.05 Å². The van der Waals surface area contributed by atoms with Crippen LogP contribution in [0.5, 0.6) is 0 Å². The summed E-state index contributed by atoms with van der Waals surface area (Å²) in [5.41, 5.74) is 2.56. The monoisotopic (exact) mass is 374 g/mol. The first-order valence-corrected chi connectivity index (χ1v) is 9.08. The molecule has 2 nitrogen and oxygen atoms in total. The van der Waals surface area contributed by atoms with Crippen LogP contribution in [0, 0.1) is 12.3 Å². The summed E-state index contributed by atoms with van der Waals surface area (Å²) in [5.74, 6) is 2.18. The van der Waals surface area contributed by atoms with Crippen molar-refractivity contribution >= 4 is 12.3 Å². The van der Waals surface area contributed by atoms with E-state index in [9.17, 15) is 13.2 Å². The SMILES string of the molecule is C#CC/C=C(\C=NCc1cccc(C=C2CCC(NC)CC2)c1)C(F)(F)F. The van der Waals surface area contributed by atoms with Crippen molar-refractivity contribution < 1.29 is 13.2 Å². The van der Waals surface area contributed by atoms with E-state index >= 15 is 0 Å². The molecule has 27 heavy (non-hydrogen) atoms. The van der Waals surface area contributed by atoms with E-state index in [1.54, 1.807) is 0 Å². The highest BCUT2D eigenvalue weighted by molar-refractivity contribution is 5.80. The van der Waals surface area contributed by atoms with Crippen LogP contribution in [-0.4, -0.2) is 25.5 Å². The summed E-state index contributed by atoms with van der Waals surface area (Å²) >= 11 is 0. The molecule has 0 aliphatic heterocycles. The van der Waals surface area contributed by atoms with Gasteiger partial charge in [0.2, 0.25) is 0 Å². The molecule has 1 aromatic rings.